The predicted molar refractivity (Wildman–Crippen MR) is 188 cm³/mol. The topological polar surface area (TPSA) is 295 Å². The molecule has 11 N–H and O–H groups in total. The molecule has 3 saturated heterocycles. The van der Waals surface area contributed by atoms with Crippen molar-refractivity contribution in [2.45, 2.75) is 113 Å². The highest BCUT2D eigenvalue weighted by molar-refractivity contribution is 5.87. The van der Waals surface area contributed by atoms with Crippen molar-refractivity contribution in [3.05, 3.63) is 64.7 Å². The van der Waals surface area contributed by atoms with Crippen molar-refractivity contribution < 1.29 is 89.4 Å². The van der Waals surface area contributed by atoms with Crippen molar-refractivity contribution in [1.82, 2.24) is 0 Å². The number of hydrogen-bond acceptors (Lipinski definition) is 18. The van der Waals surface area contributed by atoms with Gasteiger partial charge in [-0.05, 0) is 67.7 Å². The lowest BCUT2D eigenvalue weighted by atomic mass is 9.98. The molecule has 3 aliphatic heterocycles. The van der Waals surface area contributed by atoms with E-state index in [2.05, 4.69) is 0 Å². The molecule has 3 aliphatic rings. The van der Waals surface area contributed by atoms with Gasteiger partial charge in [-0.2, -0.15) is 0 Å². The minimum Gasteiger partial charge on any atom is -0.508 e. The third-order valence-corrected chi connectivity index (χ3v) is 9.50. The van der Waals surface area contributed by atoms with Crippen LogP contribution in [0.3, 0.4) is 0 Å². The number of esters is 1. The summed E-state index contributed by atoms with van der Waals surface area (Å²) in [6, 6.07) is 9.78. The Morgan fingerprint density at radius 3 is 2.09 bits per heavy atom. The standard InChI is InChI=1S/C31H40O14.C6H12O4/c1-15-3-4-17(12-20(15)34)6-8-23(35)45-29-22(14-42-31-27(39)25(37)24(36)21(13-32)43-31)44-30(28(40)26(29)38)41-10-9-18-5-7-19(33)16(2)11-18;1-3-5(8)6(9)4(7)2-10-3/h3-8,11-12,21-22,24-34,36-40H,9-10,13-14H2,1-2H3;3-9H,2H2,1H3/b8-6+;/t21?,22?,24-,25-,26+,27?,28?,29-,30-,31-;3?,4?,5-,6+/m10/s1. The summed E-state index contributed by atoms with van der Waals surface area (Å²) in [4.78, 5) is 12.8. The van der Waals surface area contributed by atoms with Crippen LogP contribution in [0.15, 0.2) is 42.5 Å². The molecule has 5 rings (SSSR count). The number of ether oxygens (including phenoxy) is 6. The van der Waals surface area contributed by atoms with Crippen molar-refractivity contribution >= 4 is 12.0 Å². The van der Waals surface area contributed by atoms with Gasteiger partial charge in [0.1, 0.15) is 72.5 Å². The second-order valence-electron chi connectivity index (χ2n) is 13.7. The molecule has 308 valence electrons. The van der Waals surface area contributed by atoms with Crippen LogP contribution in [-0.4, -0.2) is 174 Å². The maximum absolute atomic E-state index is 12.8. The van der Waals surface area contributed by atoms with Gasteiger partial charge >= 0.3 is 5.97 Å². The summed E-state index contributed by atoms with van der Waals surface area (Å²) in [6.07, 6.45) is -16.0. The van der Waals surface area contributed by atoms with E-state index in [-0.39, 0.29) is 24.7 Å². The largest absolute Gasteiger partial charge is 0.508 e. The number of aromatic hydroxyl groups is 2. The van der Waals surface area contributed by atoms with E-state index in [0.29, 0.717) is 23.1 Å². The second kappa shape index (κ2) is 20.2. The molecule has 18 nitrogen and oxygen atoms in total. The summed E-state index contributed by atoms with van der Waals surface area (Å²) < 4.78 is 32.9. The summed E-state index contributed by atoms with van der Waals surface area (Å²) in [5, 5.41) is 108. The zero-order valence-electron chi connectivity index (χ0n) is 30.5. The molecule has 2 aromatic carbocycles. The van der Waals surface area contributed by atoms with E-state index in [1.165, 1.54) is 12.1 Å². The first-order chi connectivity index (χ1) is 26.0. The number of phenols is 2. The van der Waals surface area contributed by atoms with Crippen LogP contribution in [0.2, 0.25) is 0 Å². The van der Waals surface area contributed by atoms with E-state index in [1.807, 2.05) is 0 Å². The van der Waals surface area contributed by atoms with Gasteiger partial charge in [-0.25, -0.2) is 4.79 Å². The van der Waals surface area contributed by atoms with Crippen molar-refractivity contribution in [2.24, 2.45) is 0 Å². The van der Waals surface area contributed by atoms with Gasteiger partial charge in [-0.1, -0.05) is 24.3 Å². The van der Waals surface area contributed by atoms with Gasteiger partial charge in [0.2, 0.25) is 0 Å². The van der Waals surface area contributed by atoms with Crippen LogP contribution < -0.4 is 0 Å². The number of phenolic OH excluding ortho intramolecular Hbond substituents is 2. The Balaban J connectivity index is 0.000000583. The molecule has 0 aliphatic carbocycles. The number of carbonyl (C=O) groups excluding carboxylic acids is 1. The first-order valence-electron chi connectivity index (χ1n) is 17.7. The Kier molecular flexibility index (Phi) is 16.3. The zero-order chi connectivity index (χ0) is 40.6. The summed E-state index contributed by atoms with van der Waals surface area (Å²) in [7, 11) is 0. The van der Waals surface area contributed by atoms with Gasteiger partial charge in [0.25, 0.3) is 0 Å². The minimum absolute atomic E-state index is 0.0294. The predicted octanol–water partition coefficient (Wildman–Crippen LogP) is -2.35. The highest BCUT2D eigenvalue weighted by atomic mass is 16.7. The van der Waals surface area contributed by atoms with Gasteiger partial charge in [-0.3, -0.25) is 0 Å². The Hall–Kier alpha value is -3.31. The lowest BCUT2D eigenvalue weighted by Gasteiger charge is -2.43. The number of hydrogen-bond donors (Lipinski definition) is 11. The Morgan fingerprint density at radius 2 is 1.44 bits per heavy atom. The third kappa shape index (κ3) is 11.6. The van der Waals surface area contributed by atoms with Crippen LogP contribution in [0, 0.1) is 13.8 Å². The van der Waals surface area contributed by atoms with Crippen molar-refractivity contribution in [3.63, 3.8) is 0 Å². The number of rotatable bonds is 11. The fraction of sp³-hybridized carbons (Fsp3) is 0.595. The molecule has 18 heteroatoms. The van der Waals surface area contributed by atoms with Gasteiger partial charge in [0, 0.05) is 6.08 Å². The summed E-state index contributed by atoms with van der Waals surface area (Å²) in [5.41, 5.74) is 2.64. The number of benzene rings is 2. The second-order valence-corrected chi connectivity index (χ2v) is 13.7. The monoisotopic (exact) mass is 784 g/mol. The molecule has 14 atom stereocenters. The van der Waals surface area contributed by atoms with Crippen LogP contribution >= 0.6 is 0 Å². The molecule has 0 radical (unpaired) electrons. The van der Waals surface area contributed by atoms with Gasteiger partial charge in [-0.15, -0.1) is 0 Å². The fourth-order valence-electron chi connectivity index (χ4n) is 5.90. The van der Waals surface area contributed by atoms with Crippen LogP contribution in [0.25, 0.3) is 6.08 Å². The molecule has 2 aromatic rings. The van der Waals surface area contributed by atoms with E-state index in [1.54, 1.807) is 51.1 Å². The highest BCUT2D eigenvalue weighted by Crippen LogP contribution is 2.28. The number of aryl methyl sites for hydroxylation is 2. The fourth-order valence-corrected chi connectivity index (χ4v) is 5.90. The maximum Gasteiger partial charge on any atom is 0.331 e. The van der Waals surface area contributed by atoms with Crippen LogP contribution in [0.5, 0.6) is 11.5 Å². The Morgan fingerprint density at radius 1 is 0.764 bits per heavy atom. The Labute approximate surface area is 316 Å². The average molecular weight is 785 g/mol. The molecule has 3 fully saturated rings. The highest BCUT2D eigenvalue weighted by Gasteiger charge is 2.49. The molecule has 0 saturated carbocycles. The van der Waals surface area contributed by atoms with Crippen LogP contribution in [-0.2, 0) is 39.6 Å². The Bertz CT molecular complexity index is 1540. The molecule has 6 unspecified atom stereocenters. The van der Waals surface area contributed by atoms with E-state index in [4.69, 9.17) is 43.7 Å². The van der Waals surface area contributed by atoms with Gasteiger partial charge in [0.05, 0.1) is 32.5 Å². The molecular weight excluding hydrogens is 732 g/mol. The van der Waals surface area contributed by atoms with Crippen molar-refractivity contribution in [2.75, 3.05) is 26.4 Å². The van der Waals surface area contributed by atoms with E-state index >= 15 is 0 Å². The first-order valence-corrected chi connectivity index (χ1v) is 17.7. The van der Waals surface area contributed by atoms with E-state index < -0.39 is 105 Å². The summed E-state index contributed by atoms with van der Waals surface area (Å²) in [6.45, 7) is 4.04. The molecule has 0 aromatic heterocycles. The van der Waals surface area contributed by atoms with E-state index in [9.17, 15) is 45.6 Å². The number of aliphatic hydroxyl groups is 9. The number of aliphatic hydroxyl groups excluding tert-OH is 9. The summed E-state index contributed by atoms with van der Waals surface area (Å²) >= 11 is 0. The smallest absolute Gasteiger partial charge is 0.331 e. The molecule has 0 spiro atoms. The molecule has 55 heavy (non-hydrogen) atoms. The van der Waals surface area contributed by atoms with Crippen molar-refractivity contribution in [1.29, 1.82) is 0 Å². The quantitative estimate of drug-likeness (QED) is 0.0840. The molecular formula is C37H52O18. The normalized spacial score (nSPS) is 35.2. The summed E-state index contributed by atoms with van der Waals surface area (Å²) in [5.74, 6) is -0.750. The zero-order valence-corrected chi connectivity index (χ0v) is 30.5. The van der Waals surface area contributed by atoms with Gasteiger partial charge in [0.15, 0.2) is 18.7 Å². The molecule has 3 heterocycles. The SMILES string of the molecule is CC1OCC(O)[C@@H](O)[C@H]1O.Cc1cc(CCO[C@@H]2OC(CO[C@@H]3OC(CO)[C@@H](O)[C@@H](O)C3O)[C@@H](OC(=O)/C=C/c3ccc(C)c(O)c3)[C@@H](O)C2O)ccc1O. The average Bonchev–Trinajstić information content (AvgIpc) is 3.16. The maximum atomic E-state index is 12.8. The minimum atomic E-state index is -1.72. The molecule has 0 bridgehead atoms. The first kappa shape index (κ1) is 44.4. The third-order valence-electron chi connectivity index (χ3n) is 9.50. The van der Waals surface area contributed by atoms with Crippen LogP contribution in [0.4, 0.5) is 0 Å². The lowest BCUT2D eigenvalue weighted by Crippen LogP contribution is -2.62. The lowest BCUT2D eigenvalue weighted by molar-refractivity contribution is -0.331. The van der Waals surface area contributed by atoms with Crippen LogP contribution in [0.1, 0.15) is 29.2 Å². The van der Waals surface area contributed by atoms with E-state index in [0.717, 1.165) is 11.6 Å². The molecule has 0 amide bonds. The van der Waals surface area contributed by atoms with Gasteiger partial charge < -0.3 is 84.6 Å². The van der Waals surface area contributed by atoms with Crippen molar-refractivity contribution in [3.8, 4) is 11.5 Å². The number of carbonyl (C=O) groups is 1.